The summed E-state index contributed by atoms with van der Waals surface area (Å²) in [6.45, 7) is 0. The Hall–Kier alpha value is -0.270. The van der Waals surface area contributed by atoms with Gasteiger partial charge in [0.15, 0.2) is 0 Å². The van der Waals surface area contributed by atoms with Crippen molar-refractivity contribution in [2.45, 2.75) is 25.1 Å². The molecule has 0 radical (unpaired) electrons. The van der Waals surface area contributed by atoms with E-state index in [1.54, 1.807) is 0 Å². The smallest absolute Gasteiger partial charge is 0.0489 e. The summed E-state index contributed by atoms with van der Waals surface area (Å²) in [5.74, 6) is 0.584. The first kappa shape index (κ1) is 9.82. The number of alkyl halides is 1. The average molecular weight is 204 g/mol. The van der Waals surface area contributed by atoms with Crippen LogP contribution in [0.4, 0.5) is 0 Å². The van der Waals surface area contributed by atoms with Gasteiger partial charge in [0.25, 0.3) is 0 Å². The van der Waals surface area contributed by atoms with Crippen molar-refractivity contribution in [3.63, 3.8) is 0 Å². The van der Waals surface area contributed by atoms with E-state index in [1.807, 2.05) is 6.20 Å². The molecule has 1 aromatic rings. The molecule has 12 heavy (non-hydrogen) atoms. The molecule has 0 spiro atoms. The normalized spacial score (nSPS) is 13.8. The minimum atomic E-state index is 0. The van der Waals surface area contributed by atoms with Crippen molar-refractivity contribution in [1.82, 2.24) is 4.98 Å². The summed E-state index contributed by atoms with van der Waals surface area (Å²) in [7, 11) is 0. The topological polar surface area (TPSA) is 12.9 Å². The third kappa shape index (κ3) is 1.73. The van der Waals surface area contributed by atoms with Gasteiger partial charge in [-0.15, -0.1) is 24.0 Å². The van der Waals surface area contributed by atoms with Crippen LogP contribution < -0.4 is 0 Å². The van der Waals surface area contributed by atoms with Crippen LogP contribution in [0.2, 0.25) is 0 Å². The minimum absolute atomic E-state index is 0. The number of rotatable bonds is 1. The molecule has 3 heteroatoms. The molecule has 0 aliphatic heterocycles. The fraction of sp³-hybridized carbons (Fsp3) is 0.444. The number of fused-ring (bicyclic) bond motifs is 1. The molecule has 2 rings (SSSR count). The van der Waals surface area contributed by atoms with Crippen LogP contribution in [0, 0.1) is 0 Å². The molecule has 1 nitrogen and oxygen atoms in total. The van der Waals surface area contributed by atoms with Gasteiger partial charge in [-0.1, -0.05) is 6.07 Å². The van der Waals surface area contributed by atoms with Gasteiger partial charge >= 0.3 is 0 Å². The van der Waals surface area contributed by atoms with E-state index in [1.165, 1.54) is 24.1 Å². The van der Waals surface area contributed by atoms with Gasteiger partial charge in [-0.2, -0.15) is 0 Å². The van der Waals surface area contributed by atoms with Crippen LogP contribution in [0.3, 0.4) is 0 Å². The molecule has 1 aromatic heterocycles. The van der Waals surface area contributed by atoms with Crippen LogP contribution in [0.25, 0.3) is 0 Å². The zero-order chi connectivity index (χ0) is 7.68. The van der Waals surface area contributed by atoms with Gasteiger partial charge in [-0.3, -0.25) is 4.98 Å². The number of aromatic nitrogens is 1. The van der Waals surface area contributed by atoms with Crippen LogP contribution in [0.15, 0.2) is 12.3 Å². The van der Waals surface area contributed by atoms with Crippen LogP contribution in [-0.4, -0.2) is 4.98 Å². The van der Waals surface area contributed by atoms with Crippen LogP contribution >= 0.6 is 24.0 Å². The van der Waals surface area contributed by atoms with E-state index in [2.05, 4.69) is 11.1 Å². The van der Waals surface area contributed by atoms with Crippen molar-refractivity contribution in [2.24, 2.45) is 0 Å². The van der Waals surface area contributed by atoms with Gasteiger partial charge in [0.1, 0.15) is 0 Å². The van der Waals surface area contributed by atoms with Crippen molar-refractivity contribution in [1.29, 1.82) is 0 Å². The van der Waals surface area contributed by atoms with Crippen molar-refractivity contribution in [3.8, 4) is 0 Å². The molecule has 1 aliphatic rings. The lowest BCUT2D eigenvalue weighted by Gasteiger charge is -1.99. The van der Waals surface area contributed by atoms with Crippen molar-refractivity contribution in [3.05, 3.63) is 29.1 Å². The molecule has 0 unspecified atom stereocenters. The highest BCUT2D eigenvalue weighted by molar-refractivity contribution is 6.17. The lowest BCUT2D eigenvalue weighted by Crippen LogP contribution is -1.89. The first-order valence-electron chi connectivity index (χ1n) is 3.93. The van der Waals surface area contributed by atoms with Crippen molar-refractivity contribution >= 4 is 24.0 Å². The van der Waals surface area contributed by atoms with Gasteiger partial charge in [0.05, 0.1) is 0 Å². The van der Waals surface area contributed by atoms with Crippen molar-refractivity contribution in [2.75, 3.05) is 0 Å². The van der Waals surface area contributed by atoms with Gasteiger partial charge in [0.2, 0.25) is 0 Å². The molecular formula is C9H11Cl2N. The van der Waals surface area contributed by atoms with E-state index in [0.717, 1.165) is 12.0 Å². The van der Waals surface area contributed by atoms with Gasteiger partial charge in [0, 0.05) is 17.8 Å². The van der Waals surface area contributed by atoms with E-state index in [9.17, 15) is 0 Å². The van der Waals surface area contributed by atoms with Gasteiger partial charge in [-0.05, 0) is 30.4 Å². The quantitative estimate of drug-likeness (QED) is 0.641. The standard InChI is InChI=1S/C9H10ClN.ClH/c10-5-7-4-8-2-1-3-9(8)11-6-7;/h4,6H,1-3,5H2;1H. The fourth-order valence-electron chi connectivity index (χ4n) is 1.55. The maximum atomic E-state index is 5.69. The lowest BCUT2D eigenvalue weighted by atomic mass is 10.2. The van der Waals surface area contributed by atoms with Crippen LogP contribution in [-0.2, 0) is 18.7 Å². The Morgan fingerprint density at radius 2 is 2.25 bits per heavy atom. The Bertz CT molecular complexity index is 273. The number of hydrogen-bond donors (Lipinski definition) is 0. The summed E-state index contributed by atoms with van der Waals surface area (Å²) < 4.78 is 0. The number of halogens is 2. The molecule has 0 saturated heterocycles. The Kier molecular flexibility index (Phi) is 3.36. The molecule has 0 saturated carbocycles. The Morgan fingerprint density at radius 3 is 3.00 bits per heavy atom. The summed E-state index contributed by atoms with van der Waals surface area (Å²) >= 11 is 5.69. The average Bonchev–Trinajstić information content (AvgIpc) is 2.50. The van der Waals surface area contributed by atoms with E-state index in [4.69, 9.17) is 11.6 Å². The second-order valence-corrected chi connectivity index (χ2v) is 3.20. The second-order valence-electron chi connectivity index (χ2n) is 2.94. The third-order valence-electron chi connectivity index (χ3n) is 2.13. The van der Waals surface area contributed by atoms with Gasteiger partial charge < -0.3 is 0 Å². The molecule has 0 amide bonds. The predicted octanol–water partition coefficient (Wildman–Crippen LogP) is 2.73. The van der Waals surface area contributed by atoms with Crippen molar-refractivity contribution < 1.29 is 0 Å². The SMILES string of the molecule is Cl.ClCc1cnc2c(c1)CCC2. The molecule has 1 aliphatic carbocycles. The summed E-state index contributed by atoms with van der Waals surface area (Å²) in [6.07, 6.45) is 5.48. The number of aryl methyl sites for hydroxylation is 2. The zero-order valence-corrected chi connectivity index (χ0v) is 8.29. The van der Waals surface area contributed by atoms with E-state index >= 15 is 0 Å². The van der Waals surface area contributed by atoms with E-state index < -0.39 is 0 Å². The monoisotopic (exact) mass is 203 g/mol. The summed E-state index contributed by atoms with van der Waals surface area (Å²) in [4.78, 5) is 4.35. The summed E-state index contributed by atoms with van der Waals surface area (Å²) in [5.41, 5.74) is 3.83. The maximum Gasteiger partial charge on any atom is 0.0489 e. The molecule has 0 N–H and O–H groups in total. The first-order chi connectivity index (χ1) is 5.40. The summed E-state index contributed by atoms with van der Waals surface area (Å²) in [5, 5.41) is 0. The minimum Gasteiger partial charge on any atom is -0.261 e. The Morgan fingerprint density at radius 1 is 1.42 bits per heavy atom. The Balaban J connectivity index is 0.000000720. The Labute approximate surface area is 83.6 Å². The lowest BCUT2D eigenvalue weighted by molar-refractivity contribution is 0.899. The van der Waals surface area contributed by atoms with E-state index in [-0.39, 0.29) is 12.4 Å². The van der Waals surface area contributed by atoms with Crippen LogP contribution in [0.5, 0.6) is 0 Å². The second kappa shape index (κ2) is 4.11. The molecule has 0 aromatic carbocycles. The molecular weight excluding hydrogens is 193 g/mol. The molecule has 0 fully saturated rings. The number of hydrogen-bond acceptors (Lipinski definition) is 1. The largest absolute Gasteiger partial charge is 0.261 e. The van der Waals surface area contributed by atoms with Gasteiger partial charge in [-0.25, -0.2) is 0 Å². The highest BCUT2D eigenvalue weighted by Crippen LogP contribution is 2.20. The summed E-state index contributed by atoms with van der Waals surface area (Å²) in [6, 6.07) is 2.18. The first-order valence-corrected chi connectivity index (χ1v) is 4.46. The highest BCUT2D eigenvalue weighted by atomic mass is 35.5. The molecule has 0 bridgehead atoms. The molecule has 0 atom stereocenters. The highest BCUT2D eigenvalue weighted by Gasteiger charge is 2.11. The van der Waals surface area contributed by atoms with E-state index in [0.29, 0.717) is 5.88 Å². The third-order valence-corrected chi connectivity index (χ3v) is 2.44. The molecule has 66 valence electrons. The number of pyridine rings is 1. The predicted molar refractivity (Wildman–Crippen MR) is 53.1 cm³/mol. The fourth-order valence-corrected chi connectivity index (χ4v) is 1.70. The molecule has 1 heterocycles. The zero-order valence-electron chi connectivity index (χ0n) is 6.72. The number of nitrogens with zero attached hydrogens (tertiary/aromatic N) is 1. The maximum absolute atomic E-state index is 5.69. The van der Waals surface area contributed by atoms with Crippen LogP contribution in [0.1, 0.15) is 23.2 Å².